The van der Waals surface area contributed by atoms with Crippen LogP contribution in [0.2, 0.25) is 0 Å². The van der Waals surface area contributed by atoms with Gasteiger partial charge in [0.05, 0.1) is 0 Å². The zero-order valence-corrected chi connectivity index (χ0v) is 13.4. The molecule has 0 saturated carbocycles. The van der Waals surface area contributed by atoms with E-state index in [1.807, 2.05) is 11.8 Å². The van der Waals surface area contributed by atoms with E-state index < -0.39 is 0 Å². The van der Waals surface area contributed by atoms with Crippen molar-refractivity contribution in [2.45, 2.75) is 59.3 Å². The maximum atomic E-state index is 11.6. The normalized spacial score (nSPS) is 17.6. The Labute approximate surface area is 119 Å². The van der Waals surface area contributed by atoms with Crippen molar-refractivity contribution < 1.29 is 4.79 Å². The summed E-state index contributed by atoms with van der Waals surface area (Å²) < 4.78 is 0. The van der Waals surface area contributed by atoms with E-state index in [1.165, 1.54) is 45.2 Å². The van der Waals surface area contributed by atoms with E-state index in [4.69, 9.17) is 0 Å². The molecule has 0 N–H and O–H groups in total. The molecule has 0 aliphatic carbocycles. The average molecular weight is 268 g/mol. The van der Waals surface area contributed by atoms with Crippen molar-refractivity contribution in [3.05, 3.63) is 0 Å². The van der Waals surface area contributed by atoms with Gasteiger partial charge in [-0.15, -0.1) is 0 Å². The van der Waals surface area contributed by atoms with E-state index in [9.17, 15) is 4.79 Å². The average Bonchev–Trinajstić information content (AvgIpc) is 2.37. The second-order valence-electron chi connectivity index (χ2n) is 6.22. The predicted molar refractivity (Wildman–Crippen MR) is 81.2 cm³/mol. The molecule has 0 bridgehead atoms. The highest BCUT2D eigenvalue weighted by Crippen LogP contribution is 2.37. The summed E-state index contributed by atoms with van der Waals surface area (Å²) in [6.07, 6.45) is 7.02. The van der Waals surface area contributed by atoms with Crippen LogP contribution in [0.4, 0.5) is 0 Å². The molecule has 0 aromatic carbocycles. The standard InChI is InChI=1S/C16H32N2O/c1-5-8-9-11-17(4)12-10-16(7-3)13-18(14-16)15(19)6-2/h5-14H2,1-4H3. The molecule has 0 radical (unpaired) electrons. The number of unbranched alkanes of at least 4 members (excludes halogenated alkanes) is 2. The first-order valence-electron chi connectivity index (χ1n) is 8.03. The summed E-state index contributed by atoms with van der Waals surface area (Å²) in [7, 11) is 2.23. The van der Waals surface area contributed by atoms with Crippen LogP contribution in [-0.4, -0.2) is 48.9 Å². The van der Waals surface area contributed by atoms with E-state index in [-0.39, 0.29) is 0 Å². The molecule has 1 aliphatic heterocycles. The summed E-state index contributed by atoms with van der Waals surface area (Å²) in [4.78, 5) is 16.1. The number of nitrogens with zero attached hydrogens (tertiary/aromatic N) is 2. The van der Waals surface area contributed by atoms with Crippen molar-refractivity contribution in [3.8, 4) is 0 Å². The van der Waals surface area contributed by atoms with Gasteiger partial charge in [-0.3, -0.25) is 4.79 Å². The minimum Gasteiger partial charge on any atom is -0.341 e. The van der Waals surface area contributed by atoms with Crippen LogP contribution in [0, 0.1) is 5.41 Å². The molecule has 1 amide bonds. The summed E-state index contributed by atoms with van der Waals surface area (Å²) in [5.41, 5.74) is 0.407. The highest BCUT2D eigenvalue weighted by atomic mass is 16.2. The van der Waals surface area contributed by atoms with Gasteiger partial charge < -0.3 is 9.80 Å². The smallest absolute Gasteiger partial charge is 0.222 e. The topological polar surface area (TPSA) is 23.6 Å². The Balaban J connectivity index is 2.25. The van der Waals surface area contributed by atoms with Crippen LogP contribution in [0.1, 0.15) is 59.3 Å². The summed E-state index contributed by atoms with van der Waals surface area (Å²) in [5, 5.41) is 0. The first-order valence-corrected chi connectivity index (χ1v) is 8.03. The van der Waals surface area contributed by atoms with Gasteiger partial charge in [0, 0.05) is 24.9 Å². The molecule has 1 fully saturated rings. The molecule has 1 saturated heterocycles. The fourth-order valence-electron chi connectivity index (χ4n) is 2.89. The second kappa shape index (κ2) is 7.88. The molecule has 0 unspecified atom stereocenters. The van der Waals surface area contributed by atoms with Gasteiger partial charge in [-0.25, -0.2) is 0 Å². The molecule has 0 atom stereocenters. The maximum absolute atomic E-state index is 11.6. The van der Waals surface area contributed by atoms with E-state index in [1.54, 1.807) is 0 Å². The lowest BCUT2D eigenvalue weighted by Crippen LogP contribution is -2.58. The number of hydrogen-bond acceptors (Lipinski definition) is 2. The second-order valence-corrected chi connectivity index (χ2v) is 6.22. The monoisotopic (exact) mass is 268 g/mol. The Hall–Kier alpha value is -0.570. The molecule has 3 nitrogen and oxygen atoms in total. The largest absolute Gasteiger partial charge is 0.341 e. The molecule has 112 valence electrons. The Kier molecular flexibility index (Phi) is 6.84. The van der Waals surface area contributed by atoms with Crippen LogP contribution in [0.5, 0.6) is 0 Å². The van der Waals surface area contributed by atoms with Gasteiger partial charge in [0.2, 0.25) is 5.91 Å². The lowest BCUT2D eigenvalue weighted by Gasteiger charge is -2.50. The van der Waals surface area contributed by atoms with Crippen LogP contribution in [-0.2, 0) is 4.79 Å². The molecular weight excluding hydrogens is 236 g/mol. The summed E-state index contributed by atoms with van der Waals surface area (Å²) >= 11 is 0. The van der Waals surface area contributed by atoms with Gasteiger partial charge >= 0.3 is 0 Å². The van der Waals surface area contributed by atoms with Gasteiger partial charge in [0.1, 0.15) is 0 Å². The van der Waals surface area contributed by atoms with Crippen molar-refractivity contribution in [2.75, 3.05) is 33.2 Å². The highest BCUT2D eigenvalue weighted by Gasteiger charge is 2.42. The summed E-state index contributed by atoms with van der Waals surface area (Å²) in [5.74, 6) is 0.320. The molecule has 1 rings (SSSR count). The first kappa shape index (κ1) is 16.5. The lowest BCUT2D eigenvalue weighted by molar-refractivity contribution is -0.144. The van der Waals surface area contributed by atoms with E-state index in [0.717, 1.165) is 13.1 Å². The molecular formula is C16H32N2O. The van der Waals surface area contributed by atoms with Crippen molar-refractivity contribution in [3.63, 3.8) is 0 Å². The Morgan fingerprint density at radius 1 is 1.16 bits per heavy atom. The van der Waals surface area contributed by atoms with Gasteiger partial charge in [-0.2, -0.15) is 0 Å². The number of amides is 1. The molecule has 1 heterocycles. The Bertz CT molecular complexity index is 272. The molecule has 0 aromatic heterocycles. The van der Waals surface area contributed by atoms with Gasteiger partial charge in [-0.05, 0) is 39.4 Å². The third-order valence-electron chi connectivity index (χ3n) is 4.62. The van der Waals surface area contributed by atoms with E-state index in [0.29, 0.717) is 17.7 Å². The summed E-state index contributed by atoms with van der Waals surface area (Å²) in [6.45, 7) is 10.8. The fourth-order valence-corrected chi connectivity index (χ4v) is 2.89. The van der Waals surface area contributed by atoms with Gasteiger partial charge in [0.25, 0.3) is 0 Å². The van der Waals surface area contributed by atoms with E-state index >= 15 is 0 Å². The van der Waals surface area contributed by atoms with Crippen LogP contribution in [0.15, 0.2) is 0 Å². The van der Waals surface area contributed by atoms with Crippen LogP contribution >= 0.6 is 0 Å². The van der Waals surface area contributed by atoms with E-state index in [2.05, 4.69) is 25.8 Å². The van der Waals surface area contributed by atoms with Crippen LogP contribution in [0.25, 0.3) is 0 Å². The van der Waals surface area contributed by atoms with Gasteiger partial charge in [0.15, 0.2) is 0 Å². The Morgan fingerprint density at radius 2 is 1.84 bits per heavy atom. The zero-order valence-electron chi connectivity index (χ0n) is 13.4. The minimum atomic E-state index is 0.320. The number of likely N-dealkylation sites (tertiary alicyclic amines) is 1. The minimum absolute atomic E-state index is 0.320. The van der Waals surface area contributed by atoms with Crippen molar-refractivity contribution >= 4 is 5.91 Å². The quantitative estimate of drug-likeness (QED) is 0.600. The zero-order chi connectivity index (χ0) is 14.3. The molecule has 1 aliphatic rings. The molecule has 3 heteroatoms. The number of carbonyl (C=O) groups is 1. The van der Waals surface area contributed by atoms with Crippen molar-refractivity contribution in [2.24, 2.45) is 5.41 Å². The fraction of sp³-hybridized carbons (Fsp3) is 0.938. The number of rotatable bonds is 9. The van der Waals surface area contributed by atoms with Crippen molar-refractivity contribution in [1.82, 2.24) is 9.80 Å². The molecule has 0 aromatic rings. The Morgan fingerprint density at radius 3 is 2.37 bits per heavy atom. The molecule has 0 spiro atoms. The van der Waals surface area contributed by atoms with Crippen LogP contribution in [0.3, 0.4) is 0 Å². The van der Waals surface area contributed by atoms with Gasteiger partial charge in [-0.1, -0.05) is 33.6 Å². The predicted octanol–water partition coefficient (Wildman–Crippen LogP) is 3.15. The first-order chi connectivity index (χ1) is 9.06. The summed E-state index contributed by atoms with van der Waals surface area (Å²) in [6, 6.07) is 0. The number of hydrogen-bond donors (Lipinski definition) is 0. The molecule has 19 heavy (non-hydrogen) atoms. The maximum Gasteiger partial charge on any atom is 0.222 e. The third kappa shape index (κ3) is 4.79. The highest BCUT2D eigenvalue weighted by molar-refractivity contribution is 5.76. The van der Waals surface area contributed by atoms with Crippen molar-refractivity contribution in [1.29, 1.82) is 0 Å². The van der Waals surface area contributed by atoms with Crippen LogP contribution < -0.4 is 0 Å². The SMILES string of the molecule is CCCCCN(C)CCC1(CC)CN(C(=O)CC)C1. The lowest BCUT2D eigenvalue weighted by atomic mass is 9.74. The number of carbonyl (C=O) groups excluding carboxylic acids is 1. The third-order valence-corrected chi connectivity index (χ3v) is 4.62.